The molecule has 0 aliphatic carbocycles. The summed E-state index contributed by atoms with van der Waals surface area (Å²) in [7, 11) is 1.48. The molecular weight excluding hydrogens is 518 g/mol. The number of benzene rings is 3. The van der Waals surface area contributed by atoms with Crippen molar-refractivity contribution < 1.29 is 24.0 Å². The Morgan fingerprint density at radius 3 is 2.64 bits per heavy atom. The number of non-ortho nitro benzene ring substituents is 1. The highest BCUT2D eigenvalue weighted by atomic mass is 32.2. The van der Waals surface area contributed by atoms with Gasteiger partial charge in [-0.3, -0.25) is 24.6 Å². The van der Waals surface area contributed by atoms with Crippen LogP contribution in [-0.2, 0) is 24.4 Å². The first-order valence-corrected chi connectivity index (χ1v) is 12.6. The normalized spacial score (nSPS) is 13.8. The molecule has 0 saturated carbocycles. The average Bonchev–Trinajstić information content (AvgIpc) is 3.20. The van der Waals surface area contributed by atoms with E-state index in [0.29, 0.717) is 40.2 Å². The number of nitro benzene ring substituents is 1. The molecule has 0 bridgehead atoms. The number of carbonyl (C=O) groups excluding carboxylic acids is 2. The minimum absolute atomic E-state index is 0.00119. The van der Waals surface area contributed by atoms with Crippen molar-refractivity contribution in [2.75, 3.05) is 7.11 Å². The van der Waals surface area contributed by atoms with Crippen LogP contribution in [0.2, 0.25) is 0 Å². The lowest BCUT2D eigenvalue weighted by Crippen LogP contribution is -2.27. The van der Waals surface area contributed by atoms with Crippen molar-refractivity contribution in [1.29, 1.82) is 5.26 Å². The Balaban J connectivity index is 1.60. The Morgan fingerprint density at radius 2 is 1.92 bits per heavy atom. The topological polar surface area (TPSA) is 123 Å². The molecule has 0 radical (unpaired) electrons. The van der Waals surface area contributed by atoms with Gasteiger partial charge in [0.1, 0.15) is 6.61 Å². The van der Waals surface area contributed by atoms with Gasteiger partial charge in [0, 0.05) is 17.7 Å². The number of thioether (sulfide) groups is 1. The van der Waals surface area contributed by atoms with Crippen LogP contribution in [-0.4, -0.2) is 28.1 Å². The maximum atomic E-state index is 13.1. The average molecular weight is 542 g/mol. The number of methoxy groups -OCH3 is 1. The van der Waals surface area contributed by atoms with E-state index in [1.165, 1.54) is 19.2 Å². The van der Waals surface area contributed by atoms with E-state index in [1.807, 2.05) is 6.07 Å². The highest BCUT2D eigenvalue weighted by Crippen LogP contribution is 2.38. The van der Waals surface area contributed by atoms with Crippen molar-refractivity contribution in [2.24, 2.45) is 0 Å². The van der Waals surface area contributed by atoms with Crippen molar-refractivity contribution in [3.63, 3.8) is 0 Å². The summed E-state index contributed by atoms with van der Waals surface area (Å²) in [6.45, 7) is 3.88. The molecule has 9 nitrogen and oxygen atoms in total. The predicted molar refractivity (Wildman–Crippen MR) is 147 cm³/mol. The standard InChI is InChI=1S/C29H23N3O6S/c1-3-7-21-12-20(14-25(37-2)27(21)38-18-19-8-6-11-24(13-19)32(35)36)15-26-28(33)31(29(34)39-26)17-23-10-5-4-9-22(23)16-30/h3-6,8-15H,1,7,17-18H2,2H3/b26-15+. The summed E-state index contributed by atoms with van der Waals surface area (Å²) >= 11 is 0.826. The second-order valence-corrected chi connectivity index (χ2v) is 9.45. The predicted octanol–water partition coefficient (Wildman–Crippen LogP) is 6.02. The van der Waals surface area contributed by atoms with E-state index in [9.17, 15) is 25.0 Å². The second kappa shape index (κ2) is 12.1. The molecule has 3 aromatic carbocycles. The number of hydrogen-bond acceptors (Lipinski definition) is 8. The van der Waals surface area contributed by atoms with E-state index >= 15 is 0 Å². The van der Waals surface area contributed by atoms with Crippen LogP contribution in [0.25, 0.3) is 6.08 Å². The van der Waals surface area contributed by atoms with Gasteiger partial charge in [-0.2, -0.15) is 5.26 Å². The van der Waals surface area contributed by atoms with Crippen molar-refractivity contribution in [3.8, 4) is 17.6 Å². The number of imide groups is 1. The highest BCUT2D eigenvalue weighted by molar-refractivity contribution is 8.18. The quantitative estimate of drug-likeness (QED) is 0.132. The molecule has 0 aromatic heterocycles. The Hall–Kier alpha value is -4.88. The summed E-state index contributed by atoms with van der Waals surface area (Å²) in [5, 5.41) is 20.0. The molecule has 0 unspecified atom stereocenters. The van der Waals surface area contributed by atoms with Gasteiger partial charge < -0.3 is 9.47 Å². The van der Waals surface area contributed by atoms with Gasteiger partial charge in [0.2, 0.25) is 0 Å². The van der Waals surface area contributed by atoms with Crippen molar-refractivity contribution in [3.05, 3.63) is 116 Å². The van der Waals surface area contributed by atoms with E-state index in [4.69, 9.17) is 9.47 Å². The first-order valence-electron chi connectivity index (χ1n) is 11.8. The summed E-state index contributed by atoms with van der Waals surface area (Å²) < 4.78 is 11.6. The minimum atomic E-state index is -0.466. The van der Waals surface area contributed by atoms with Crippen LogP contribution in [0.3, 0.4) is 0 Å². The molecule has 0 atom stereocenters. The SMILES string of the molecule is C=CCc1cc(/C=C2/SC(=O)N(Cc3ccccc3C#N)C2=O)cc(OC)c1OCc1cccc([N+](=O)[O-])c1. The Kier molecular flexibility index (Phi) is 8.43. The van der Waals surface area contributed by atoms with Gasteiger partial charge in [0.05, 0.1) is 35.1 Å². The zero-order valence-corrected chi connectivity index (χ0v) is 21.8. The van der Waals surface area contributed by atoms with Gasteiger partial charge in [0.15, 0.2) is 11.5 Å². The maximum absolute atomic E-state index is 13.1. The van der Waals surface area contributed by atoms with Crippen LogP contribution >= 0.6 is 11.8 Å². The molecule has 1 heterocycles. The number of rotatable bonds is 10. The molecule has 4 rings (SSSR count). The molecule has 1 aliphatic rings. The van der Waals surface area contributed by atoms with E-state index in [1.54, 1.807) is 54.6 Å². The molecule has 196 valence electrons. The molecule has 10 heteroatoms. The highest BCUT2D eigenvalue weighted by Gasteiger charge is 2.35. The molecular formula is C29H23N3O6S. The van der Waals surface area contributed by atoms with Crippen LogP contribution in [0.15, 0.2) is 78.2 Å². The third-order valence-electron chi connectivity index (χ3n) is 5.88. The first-order chi connectivity index (χ1) is 18.8. The minimum Gasteiger partial charge on any atom is -0.493 e. The van der Waals surface area contributed by atoms with E-state index in [2.05, 4.69) is 12.6 Å². The van der Waals surface area contributed by atoms with Gasteiger partial charge in [-0.05, 0) is 59.1 Å². The summed E-state index contributed by atoms with van der Waals surface area (Å²) in [5.41, 5.74) is 2.92. The number of nitriles is 1. The van der Waals surface area contributed by atoms with Crippen molar-refractivity contribution in [1.82, 2.24) is 4.90 Å². The first kappa shape index (κ1) is 27.2. The van der Waals surface area contributed by atoms with Gasteiger partial charge in [0.25, 0.3) is 16.8 Å². The number of ether oxygens (including phenoxy) is 2. The fraction of sp³-hybridized carbons (Fsp3) is 0.138. The number of hydrogen-bond donors (Lipinski definition) is 0. The zero-order chi connectivity index (χ0) is 27.9. The fourth-order valence-electron chi connectivity index (χ4n) is 4.03. The van der Waals surface area contributed by atoms with Crippen LogP contribution in [0.5, 0.6) is 11.5 Å². The Labute approximate surface area is 229 Å². The number of nitrogens with zero attached hydrogens (tertiary/aromatic N) is 3. The summed E-state index contributed by atoms with van der Waals surface area (Å²) in [4.78, 5) is 37.8. The Bertz CT molecular complexity index is 1540. The van der Waals surface area contributed by atoms with Crippen molar-refractivity contribution >= 4 is 34.7 Å². The van der Waals surface area contributed by atoms with Gasteiger partial charge in [-0.1, -0.05) is 36.4 Å². The molecule has 0 N–H and O–H groups in total. The monoisotopic (exact) mass is 541 g/mol. The van der Waals surface area contributed by atoms with E-state index in [0.717, 1.165) is 22.2 Å². The number of nitro groups is 1. The largest absolute Gasteiger partial charge is 0.493 e. The second-order valence-electron chi connectivity index (χ2n) is 8.46. The van der Waals surface area contributed by atoms with Crippen LogP contribution in [0.1, 0.15) is 27.8 Å². The van der Waals surface area contributed by atoms with Crippen LogP contribution in [0, 0.1) is 21.4 Å². The number of carbonyl (C=O) groups is 2. The van der Waals surface area contributed by atoms with Gasteiger partial charge >= 0.3 is 0 Å². The number of amides is 2. The van der Waals surface area contributed by atoms with Crippen LogP contribution in [0.4, 0.5) is 10.5 Å². The van der Waals surface area contributed by atoms with Gasteiger partial charge in [-0.15, -0.1) is 6.58 Å². The lowest BCUT2D eigenvalue weighted by molar-refractivity contribution is -0.384. The van der Waals surface area contributed by atoms with E-state index < -0.39 is 16.1 Å². The molecule has 2 amide bonds. The third kappa shape index (κ3) is 6.17. The molecule has 1 fully saturated rings. The molecule has 1 aliphatic heterocycles. The number of allylic oxidation sites excluding steroid dienone is 1. The van der Waals surface area contributed by atoms with Crippen molar-refractivity contribution in [2.45, 2.75) is 19.6 Å². The maximum Gasteiger partial charge on any atom is 0.293 e. The van der Waals surface area contributed by atoms with Gasteiger partial charge in [-0.25, -0.2) is 0 Å². The Morgan fingerprint density at radius 1 is 1.13 bits per heavy atom. The molecule has 39 heavy (non-hydrogen) atoms. The summed E-state index contributed by atoms with van der Waals surface area (Å²) in [5.74, 6) is 0.392. The molecule has 3 aromatic rings. The lowest BCUT2D eigenvalue weighted by Gasteiger charge is -2.16. The molecule has 0 spiro atoms. The zero-order valence-electron chi connectivity index (χ0n) is 21.0. The molecule has 1 saturated heterocycles. The lowest BCUT2D eigenvalue weighted by atomic mass is 10.0. The van der Waals surface area contributed by atoms with Crippen LogP contribution < -0.4 is 9.47 Å². The smallest absolute Gasteiger partial charge is 0.293 e. The summed E-state index contributed by atoms with van der Waals surface area (Å²) in [6, 6.07) is 18.6. The summed E-state index contributed by atoms with van der Waals surface area (Å²) in [6.07, 6.45) is 3.73. The van der Waals surface area contributed by atoms with E-state index in [-0.39, 0.29) is 23.7 Å². The fourth-order valence-corrected chi connectivity index (χ4v) is 4.87. The third-order valence-corrected chi connectivity index (χ3v) is 6.79.